The number of hydrogen-bond acceptors (Lipinski definition) is 0. The first kappa shape index (κ1) is 71.1. The van der Waals surface area contributed by atoms with E-state index in [0.717, 1.165) is 25.7 Å². The van der Waals surface area contributed by atoms with E-state index in [0.29, 0.717) is 0 Å². The molecule has 418 valence electrons. The van der Waals surface area contributed by atoms with Gasteiger partial charge in [-0.1, -0.05) is 203 Å². The summed E-state index contributed by atoms with van der Waals surface area (Å²) in [4.78, 5) is 0. The summed E-state index contributed by atoms with van der Waals surface area (Å²) in [5.74, 6) is 0. The van der Waals surface area contributed by atoms with Gasteiger partial charge >= 0.3 is 52.4 Å². The van der Waals surface area contributed by atoms with E-state index in [4.69, 9.17) is 0 Å². The molecule has 8 aromatic rings. The van der Waals surface area contributed by atoms with E-state index in [1.165, 1.54) is 89.0 Å². The summed E-state index contributed by atoms with van der Waals surface area (Å²) < 4.78 is 0. The maximum atomic E-state index is 3.67. The van der Waals surface area contributed by atoms with Gasteiger partial charge in [-0.15, -0.1) is 119 Å². The largest absolute Gasteiger partial charge is 3.00 e. The van der Waals surface area contributed by atoms with Gasteiger partial charge in [0.1, 0.15) is 0 Å². The summed E-state index contributed by atoms with van der Waals surface area (Å²) >= 11 is 0. The monoisotopic (exact) mass is 1270 g/mol. The standard InChI is InChI=1S/2C21H25.2C13H11.2C5H5.2ClH.2Zr/c2*1-20(2,3)16-7-9-18-14(12-16)11-15-13-17(21(4,5)6)8-10-19(15)18;2*1-3-7-12(8-4-1)11-13-9-5-2-6-10-13;2*1-2-4-5-3-1;;;;/h2*7-10,12H,11H2,1-6H3;2*1-11H;2*1-3H,4H2;2*1H;;/q6*-1;;;2*+3/p-2. The quantitative estimate of drug-likeness (QED) is 0.154. The first-order chi connectivity index (χ1) is 37.2. The van der Waals surface area contributed by atoms with Crippen molar-refractivity contribution in [2.24, 2.45) is 0 Å². The topological polar surface area (TPSA) is 0 Å². The van der Waals surface area contributed by atoms with E-state index >= 15 is 0 Å². The van der Waals surface area contributed by atoms with E-state index in [-0.39, 0.29) is 98.9 Å². The Labute approximate surface area is 547 Å². The Kier molecular flexibility index (Phi) is 28.9. The van der Waals surface area contributed by atoms with Crippen molar-refractivity contribution in [2.45, 2.75) is 130 Å². The zero-order valence-electron chi connectivity index (χ0n) is 50.5. The molecule has 0 saturated carbocycles. The molecule has 0 aromatic heterocycles. The zero-order chi connectivity index (χ0) is 55.8. The fourth-order valence-electron chi connectivity index (χ4n) is 9.32. The van der Waals surface area contributed by atoms with Crippen LogP contribution in [0.25, 0.3) is 22.3 Å². The molecule has 0 fully saturated rings. The molecule has 0 spiro atoms. The molecule has 12 rings (SSSR count). The number of allylic oxidation sites excluding steroid dienone is 8. The zero-order valence-corrected chi connectivity index (χ0v) is 57.0. The summed E-state index contributed by atoms with van der Waals surface area (Å²) in [7, 11) is 0. The van der Waals surface area contributed by atoms with Crippen molar-refractivity contribution in [3.05, 3.63) is 322 Å². The molecular weight excluding hydrogens is 1190 g/mol. The van der Waals surface area contributed by atoms with E-state index in [2.05, 4.69) is 290 Å². The second kappa shape index (κ2) is 33.3. The van der Waals surface area contributed by atoms with Gasteiger partial charge in [0.15, 0.2) is 0 Å². The van der Waals surface area contributed by atoms with Gasteiger partial charge in [0.25, 0.3) is 0 Å². The number of fused-ring (bicyclic) bond motifs is 6. The molecule has 2 radical (unpaired) electrons. The summed E-state index contributed by atoms with van der Waals surface area (Å²) in [6.07, 6.45) is 26.4. The Bertz CT molecular complexity index is 2840. The van der Waals surface area contributed by atoms with Crippen molar-refractivity contribution in [2.75, 3.05) is 0 Å². The molecule has 0 unspecified atom stereocenters. The first-order valence-electron chi connectivity index (χ1n) is 27.9. The molecule has 4 heteroatoms. The normalized spacial score (nSPS) is 12.3. The number of halogens is 2. The minimum atomic E-state index is 0. The number of rotatable bonds is 4. The van der Waals surface area contributed by atoms with Crippen LogP contribution in [0.2, 0.25) is 0 Å². The molecule has 82 heavy (non-hydrogen) atoms. The van der Waals surface area contributed by atoms with Crippen LogP contribution in [0.5, 0.6) is 0 Å². The Hall–Kier alpha value is -5.19. The molecule has 0 aliphatic heterocycles. The van der Waals surface area contributed by atoms with Gasteiger partial charge in [-0.05, 0) is 56.8 Å². The Morgan fingerprint density at radius 2 is 0.634 bits per heavy atom. The Morgan fingerprint density at radius 1 is 0.341 bits per heavy atom. The SMILES string of the molecule is CC(C)(C)c1[c-]c2c(cc1)-c1ccc(C(C)(C)C)cc1C2.CC(C)(C)c1[c-]c2c(cc1)-c1ccc(C(C)(C)C)cc1C2.[C-]1=CC=CC1.[C-]1=CC=CC1.[Cl-].[Cl-].[Zr+3].[Zr+3].c1ccc([CH-]c2ccccc2)cc1.c1ccc([CH-]c2ccccc2)cc1. The maximum absolute atomic E-state index is 3.67. The molecule has 0 atom stereocenters. The van der Waals surface area contributed by atoms with Gasteiger partial charge in [0, 0.05) is 0 Å². The van der Waals surface area contributed by atoms with E-state index < -0.39 is 0 Å². The minimum absolute atomic E-state index is 0. The molecule has 0 saturated heterocycles. The molecule has 0 amide bonds. The molecule has 0 N–H and O–H groups in total. The van der Waals surface area contributed by atoms with Gasteiger partial charge < -0.3 is 24.8 Å². The predicted octanol–water partition coefficient (Wildman–Crippen LogP) is 14.5. The molecule has 0 bridgehead atoms. The Balaban J connectivity index is 0.000000271. The van der Waals surface area contributed by atoms with Crippen LogP contribution in [-0.2, 0) is 86.9 Å². The molecular formula is C78H82Cl2Zr2-2. The summed E-state index contributed by atoms with van der Waals surface area (Å²) in [5, 5.41) is 0. The van der Waals surface area contributed by atoms with E-state index in [9.17, 15) is 0 Å². The van der Waals surface area contributed by atoms with Gasteiger partial charge in [-0.2, -0.15) is 59.7 Å². The van der Waals surface area contributed by atoms with Crippen LogP contribution in [0.4, 0.5) is 0 Å². The van der Waals surface area contributed by atoms with Crippen molar-refractivity contribution in [3.63, 3.8) is 0 Å². The molecule has 4 aliphatic rings. The second-order valence-electron chi connectivity index (χ2n) is 24.6. The third-order valence-electron chi connectivity index (χ3n) is 14.0. The molecule has 0 heterocycles. The van der Waals surface area contributed by atoms with Crippen LogP contribution >= 0.6 is 0 Å². The van der Waals surface area contributed by atoms with E-state index in [1.807, 2.05) is 48.6 Å². The number of benzene rings is 8. The summed E-state index contributed by atoms with van der Waals surface area (Å²) in [6, 6.07) is 71.7. The van der Waals surface area contributed by atoms with Crippen LogP contribution in [0, 0.1) is 37.1 Å². The summed E-state index contributed by atoms with van der Waals surface area (Å²) in [5.41, 5.74) is 22.4. The smallest absolute Gasteiger partial charge is 1.00 e. The van der Waals surface area contributed by atoms with Crippen molar-refractivity contribution >= 4 is 0 Å². The van der Waals surface area contributed by atoms with Gasteiger partial charge in [0.05, 0.1) is 0 Å². The number of hydrogen-bond donors (Lipinski definition) is 0. The fourth-order valence-corrected chi connectivity index (χ4v) is 9.32. The summed E-state index contributed by atoms with van der Waals surface area (Å²) in [6.45, 7) is 27.2. The van der Waals surface area contributed by atoms with Crippen LogP contribution in [0.1, 0.15) is 163 Å². The van der Waals surface area contributed by atoms with Crippen LogP contribution in [0.15, 0.2) is 218 Å². The van der Waals surface area contributed by atoms with Crippen molar-refractivity contribution < 1.29 is 77.2 Å². The molecule has 4 aliphatic carbocycles. The first-order valence-corrected chi connectivity index (χ1v) is 27.9. The van der Waals surface area contributed by atoms with Crippen molar-refractivity contribution in [1.82, 2.24) is 0 Å². The van der Waals surface area contributed by atoms with Gasteiger partial charge in [-0.25, -0.2) is 24.3 Å². The second-order valence-corrected chi connectivity index (χ2v) is 24.6. The average molecular weight is 1270 g/mol. The van der Waals surface area contributed by atoms with Crippen LogP contribution < -0.4 is 24.8 Å². The van der Waals surface area contributed by atoms with Crippen molar-refractivity contribution in [1.29, 1.82) is 0 Å². The van der Waals surface area contributed by atoms with Gasteiger partial charge in [0.2, 0.25) is 0 Å². The fraction of sp³-hybridized carbons (Fsp3) is 0.256. The van der Waals surface area contributed by atoms with E-state index in [1.54, 1.807) is 0 Å². The predicted molar refractivity (Wildman–Crippen MR) is 336 cm³/mol. The van der Waals surface area contributed by atoms with Crippen LogP contribution in [0.3, 0.4) is 0 Å². The third-order valence-corrected chi connectivity index (χ3v) is 14.0. The minimum Gasteiger partial charge on any atom is -1.00 e. The molecule has 0 nitrogen and oxygen atoms in total. The third kappa shape index (κ3) is 21.8. The van der Waals surface area contributed by atoms with Crippen LogP contribution in [-0.4, -0.2) is 0 Å². The van der Waals surface area contributed by atoms with Gasteiger partial charge in [-0.3, -0.25) is 12.2 Å². The van der Waals surface area contributed by atoms with Crippen molar-refractivity contribution in [3.8, 4) is 22.3 Å². The Morgan fingerprint density at radius 3 is 0.866 bits per heavy atom. The average Bonchev–Trinajstić information content (AvgIpc) is 4.49. The molecule has 8 aromatic carbocycles. The maximum Gasteiger partial charge on any atom is 3.00 e.